The Morgan fingerprint density at radius 2 is 1.72 bits per heavy atom. The van der Waals surface area contributed by atoms with Gasteiger partial charge in [0, 0.05) is 6.42 Å². The van der Waals surface area contributed by atoms with Crippen LogP contribution in [0.15, 0.2) is 42.5 Å². The SMILES string of the molecule is OC(Cc1cccc(Cl)c1F)c1ccc(F)cc1. The zero-order chi connectivity index (χ0) is 13.1. The summed E-state index contributed by atoms with van der Waals surface area (Å²) in [6.07, 6.45) is -0.795. The summed E-state index contributed by atoms with van der Waals surface area (Å²) in [7, 11) is 0. The number of rotatable bonds is 3. The summed E-state index contributed by atoms with van der Waals surface area (Å²) < 4.78 is 26.4. The molecule has 1 unspecified atom stereocenters. The second-order valence-corrected chi connectivity index (χ2v) is 4.39. The first kappa shape index (κ1) is 13.0. The molecule has 0 aromatic heterocycles. The highest BCUT2D eigenvalue weighted by molar-refractivity contribution is 6.30. The third-order valence-corrected chi connectivity index (χ3v) is 2.99. The lowest BCUT2D eigenvalue weighted by molar-refractivity contribution is 0.177. The van der Waals surface area contributed by atoms with Gasteiger partial charge in [0.1, 0.15) is 11.6 Å². The maximum absolute atomic E-state index is 13.6. The zero-order valence-corrected chi connectivity index (χ0v) is 10.2. The average molecular weight is 269 g/mol. The number of halogens is 3. The molecule has 1 N–H and O–H groups in total. The van der Waals surface area contributed by atoms with Crippen molar-refractivity contribution in [3.63, 3.8) is 0 Å². The van der Waals surface area contributed by atoms with E-state index in [1.807, 2.05) is 0 Å². The highest BCUT2D eigenvalue weighted by atomic mass is 35.5. The average Bonchev–Trinajstić information content (AvgIpc) is 2.36. The fraction of sp³-hybridized carbons (Fsp3) is 0.143. The third-order valence-electron chi connectivity index (χ3n) is 2.70. The molecule has 2 rings (SSSR count). The van der Waals surface area contributed by atoms with E-state index in [1.54, 1.807) is 12.1 Å². The summed E-state index contributed by atoms with van der Waals surface area (Å²) in [5, 5.41) is 9.97. The molecule has 0 aliphatic heterocycles. The van der Waals surface area contributed by atoms with Crippen molar-refractivity contribution in [1.82, 2.24) is 0 Å². The van der Waals surface area contributed by atoms with Gasteiger partial charge in [0.05, 0.1) is 11.1 Å². The molecule has 0 aliphatic rings. The van der Waals surface area contributed by atoms with Gasteiger partial charge >= 0.3 is 0 Å². The van der Waals surface area contributed by atoms with Gasteiger partial charge in [-0.1, -0.05) is 35.9 Å². The number of aliphatic hydroxyl groups is 1. The minimum atomic E-state index is -0.890. The molecule has 1 atom stereocenters. The largest absolute Gasteiger partial charge is 0.388 e. The Kier molecular flexibility index (Phi) is 3.94. The molecule has 4 heteroatoms. The monoisotopic (exact) mass is 268 g/mol. The Morgan fingerprint density at radius 3 is 2.39 bits per heavy atom. The molecule has 0 bridgehead atoms. The molecule has 18 heavy (non-hydrogen) atoms. The molecule has 94 valence electrons. The van der Waals surface area contributed by atoms with Crippen molar-refractivity contribution in [3.8, 4) is 0 Å². The number of hydrogen-bond acceptors (Lipinski definition) is 1. The molecular formula is C14H11ClF2O. The molecular weight excluding hydrogens is 258 g/mol. The molecule has 0 radical (unpaired) electrons. The molecule has 0 saturated carbocycles. The van der Waals surface area contributed by atoms with Gasteiger partial charge in [-0.2, -0.15) is 0 Å². The van der Waals surface area contributed by atoms with E-state index >= 15 is 0 Å². The van der Waals surface area contributed by atoms with Crippen molar-refractivity contribution in [3.05, 3.63) is 70.2 Å². The molecule has 0 saturated heterocycles. The highest BCUT2D eigenvalue weighted by Crippen LogP contribution is 2.24. The van der Waals surface area contributed by atoms with Crippen LogP contribution in [0, 0.1) is 11.6 Å². The lowest BCUT2D eigenvalue weighted by Crippen LogP contribution is -2.03. The Morgan fingerprint density at radius 1 is 1.06 bits per heavy atom. The fourth-order valence-electron chi connectivity index (χ4n) is 1.72. The Labute approximate surface area is 109 Å². The predicted molar refractivity (Wildman–Crippen MR) is 66.5 cm³/mol. The lowest BCUT2D eigenvalue weighted by atomic mass is 10.0. The second-order valence-electron chi connectivity index (χ2n) is 3.98. The number of benzene rings is 2. The molecule has 0 heterocycles. The summed E-state index contributed by atoms with van der Waals surface area (Å²) in [6, 6.07) is 10.1. The molecule has 0 amide bonds. The molecule has 1 nitrogen and oxygen atoms in total. The van der Waals surface area contributed by atoms with Gasteiger partial charge in [-0.15, -0.1) is 0 Å². The van der Waals surface area contributed by atoms with Crippen LogP contribution >= 0.6 is 11.6 Å². The Hall–Kier alpha value is -1.45. The first-order chi connectivity index (χ1) is 8.58. The molecule has 0 aliphatic carbocycles. The van der Waals surface area contributed by atoms with E-state index in [0.717, 1.165) is 0 Å². The molecule has 0 spiro atoms. The third kappa shape index (κ3) is 2.86. The van der Waals surface area contributed by atoms with E-state index in [2.05, 4.69) is 0 Å². The molecule has 2 aromatic rings. The van der Waals surface area contributed by atoms with Crippen LogP contribution in [0.2, 0.25) is 5.02 Å². The van der Waals surface area contributed by atoms with Crippen molar-refractivity contribution >= 4 is 11.6 Å². The van der Waals surface area contributed by atoms with Crippen molar-refractivity contribution in [2.45, 2.75) is 12.5 Å². The van der Waals surface area contributed by atoms with Gasteiger partial charge in [0.25, 0.3) is 0 Å². The van der Waals surface area contributed by atoms with Crippen LogP contribution in [-0.4, -0.2) is 5.11 Å². The topological polar surface area (TPSA) is 20.2 Å². The van der Waals surface area contributed by atoms with Gasteiger partial charge in [-0.05, 0) is 29.3 Å². The fourth-order valence-corrected chi connectivity index (χ4v) is 1.91. The van der Waals surface area contributed by atoms with Gasteiger partial charge in [-0.3, -0.25) is 0 Å². The lowest BCUT2D eigenvalue weighted by Gasteiger charge is -2.12. The quantitative estimate of drug-likeness (QED) is 0.895. The van der Waals surface area contributed by atoms with Gasteiger partial charge in [-0.25, -0.2) is 8.78 Å². The standard InChI is InChI=1S/C14H11ClF2O/c15-12-3-1-2-10(14(12)17)8-13(18)9-4-6-11(16)7-5-9/h1-7,13,18H,8H2. The van der Waals surface area contributed by atoms with E-state index in [9.17, 15) is 13.9 Å². The van der Waals surface area contributed by atoms with Gasteiger partial charge in [0.2, 0.25) is 0 Å². The summed E-state index contributed by atoms with van der Waals surface area (Å²) in [4.78, 5) is 0. The van der Waals surface area contributed by atoms with Crippen molar-refractivity contribution in [1.29, 1.82) is 0 Å². The van der Waals surface area contributed by atoms with E-state index < -0.39 is 11.9 Å². The van der Waals surface area contributed by atoms with Crippen LogP contribution in [0.25, 0.3) is 0 Å². The highest BCUT2D eigenvalue weighted by Gasteiger charge is 2.13. The van der Waals surface area contributed by atoms with Crippen molar-refractivity contribution in [2.75, 3.05) is 0 Å². The van der Waals surface area contributed by atoms with E-state index in [4.69, 9.17) is 11.6 Å². The van der Waals surface area contributed by atoms with Gasteiger partial charge < -0.3 is 5.11 Å². The van der Waals surface area contributed by atoms with Crippen LogP contribution in [0.4, 0.5) is 8.78 Å². The maximum Gasteiger partial charge on any atom is 0.145 e. The zero-order valence-electron chi connectivity index (χ0n) is 9.41. The first-order valence-corrected chi connectivity index (χ1v) is 5.82. The second kappa shape index (κ2) is 5.46. The first-order valence-electron chi connectivity index (χ1n) is 5.44. The normalized spacial score (nSPS) is 12.4. The predicted octanol–water partition coefficient (Wildman–Crippen LogP) is 3.89. The van der Waals surface area contributed by atoms with Crippen molar-refractivity contribution < 1.29 is 13.9 Å². The van der Waals surface area contributed by atoms with E-state index in [-0.39, 0.29) is 17.3 Å². The smallest absolute Gasteiger partial charge is 0.145 e. The van der Waals surface area contributed by atoms with Crippen LogP contribution in [0.1, 0.15) is 17.2 Å². The summed E-state index contributed by atoms with van der Waals surface area (Å²) in [6.45, 7) is 0. The molecule has 0 fully saturated rings. The van der Waals surface area contributed by atoms with Gasteiger partial charge in [0.15, 0.2) is 0 Å². The van der Waals surface area contributed by atoms with Crippen LogP contribution in [0.5, 0.6) is 0 Å². The van der Waals surface area contributed by atoms with E-state index in [0.29, 0.717) is 11.1 Å². The Bertz CT molecular complexity index is 540. The summed E-state index contributed by atoms with van der Waals surface area (Å²) >= 11 is 5.66. The van der Waals surface area contributed by atoms with Crippen molar-refractivity contribution in [2.24, 2.45) is 0 Å². The maximum atomic E-state index is 13.6. The van der Waals surface area contributed by atoms with Crippen LogP contribution in [-0.2, 0) is 6.42 Å². The van der Waals surface area contributed by atoms with Crippen LogP contribution in [0.3, 0.4) is 0 Å². The summed E-state index contributed by atoms with van der Waals surface area (Å²) in [5.41, 5.74) is 0.870. The van der Waals surface area contributed by atoms with Crippen LogP contribution < -0.4 is 0 Å². The molecule has 2 aromatic carbocycles. The van der Waals surface area contributed by atoms with E-state index in [1.165, 1.54) is 30.3 Å². The Balaban J connectivity index is 2.18. The minimum Gasteiger partial charge on any atom is -0.388 e. The number of aliphatic hydroxyl groups excluding tert-OH is 1. The summed E-state index contributed by atoms with van der Waals surface area (Å²) in [5.74, 6) is -0.903. The minimum absolute atomic E-state index is 0.0267. The number of hydrogen-bond donors (Lipinski definition) is 1.